The van der Waals surface area contributed by atoms with Gasteiger partial charge in [0.25, 0.3) is 0 Å². The second-order valence-corrected chi connectivity index (χ2v) is 5.99. The molecule has 0 saturated heterocycles. The van der Waals surface area contributed by atoms with Gasteiger partial charge in [-0.25, -0.2) is 0 Å². The van der Waals surface area contributed by atoms with E-state index in [9.17, 15) is 14.7 Å². The number of unbranched alkanes of at least 4 members (excludes halogenated alkanes) is 1. The lowest BCUT2D eigenvalue weighted by Crippen LogP contribution is -2.07. The van der Waals surface area contributed by atoms with Crippen LogP contribution in [0.1, 0.15) is 51.9 Å². The summed E-state index contributed by atoms with van der Waals surface area (Å²) in [7, 11) is 0. The molecule has 0 aromatic carbocycles. The Labute approximate surface area is 144 Å². The van der Waals surface area contributed by atoms with Gasteiger partial charge < -0.3 is 10.2 Å². The van der Waals surface area contributed by atoms with Crippen LogP contribution in [-0.2, 0) is 9.59 Å². The van der Waals surface area contributed by atoms with Crippen molar-refractivity contribution in [2.24, 2.45) is 5.92 Å². The van der Waals surface area contributed by atoms with Crippen LogP contribution < -0.4 is 0 Å². The smallest absolute Gasteiger partial charge is 0.303 e. The number of carboxylic acid groups (broad SMARTS) is 1. The van der Waals surface area contributed by atoms with Crippen molar-refractivity contribution in [1.82, 2.24) is 0 Å². The molecule has 0 fully saturated rings. The minimum Gasteiger partial charge on any atom is -0.481 e. The first kappa shape index (κ1) is 20.1. The van der Waals surface area contributed by atoms with Crippen molar-refractivity contribution in [2.45, 2.75) is 58.0 Å². The third kappa shape index (κ3) is 8.06. The van der Waals surface area contributed by atoms with Gasteiger partial charge in [-0.05, 0) is 44.6 Å². The van der Waals surface area contributed by atoms with Crippen LogP contribution in [0.25, 0.3) is 0 Å². The number of hydrogen-bond acceptors (Lipinski definition) is 3. The largest absolute Gasteiger partial charge is 0.481 e. The molecule has 0 aromatic rings. The average molecular weight is 332 g/mol. The molecule has 1 rings (SSSR count). The predicted octanol–water partition coefficient (Wildman–Crippen LogP) is 3.98. The average Bonchev–Trinajstić information content (AvgIpc) is 2.89. The Balaban J connectivity index is 2.43. The Morgan fingerprint density at radius 1 is 1.25 bits per heavy atom. The Hall–Kier alpha value is -1.94. The zero-order chi connectivity index (χ0) is 17.8. The summed E-state index contributed by atoms with van der Waals surface area (Å²) in [6.07, 6.45) is 17.2. The van der Waals surface area contributed by atoms with Crippen molar-refractivity contribution in [3.63, 3.8) is 0 Å². The number of ketones is 1. The molecular weight excluding hydrogens is 304 g/mol. The normalized spacial score (nSPS) is 20.7. The summed E-state index contributed by atoms with van der Waals surface area (Å²) >= 11 is 0. The third-order valence-corrected chi connectivity index (χ3v) is 3.90. The topological polar surface area (TPSA) is 74.6 Å². The summed E-state index contributed by atoms with van der Waals surface area (Å²) < 4.78 is 0. The highest BCUT2D eigenvalue weighted by Gasteiger charge is 2.21. The number of rotatable bonds is 11. The van der Waals surface area contributed by atoms with Crippen molar-refractivity contribution in [1.29, 1.82) is 0 Å². The molecule has 24 heavy (non-hydrogen) atoms. The third-order valence-electron chi connectivity index (χ3n) is 3.90. The number of carbonyl (C=O) groups excluding carboxylic acids is 1. The van der Waals surface area contributed by atoms with E-state index in [1.54, 1.807) is 6.08 Å². The molecule has 0 radical (unpaired) electrons. The van der Waals surface area contributed by atoms with Crippen LogP contribution >= 0.6 is 0 Å². The zero-order valence-electron chi connectivity index (χ0n) is 14.4. The fraction of sp³-hybridized carbons (Fsp3) is 0.500. The fourth-order valence-electron chi connectivity index (χ4n) is 2.55. The van der Waals surface area contributed by atoms with Crippen LogP contribution in [0.3, 0.4) is 0 Å². The highest BCUT2D eigenvalue weighted by atomic mass is 16.4. The summed E-state index contributed by atoms with van der Waals surface area (Å²) in [5.74, 6) is -0.688. The highest BCUT2D eigenvalue weighted by molar-refractivity contribution is 6.07. The van der Waals surface area contributed by atoms with Crippen molar-refractivity contribution in [3.05, 3.63) is 48.1 Å². The van der Waals surface area contributed by atoms with Gasteiger partial charge in [0.15, 0.2) is 5.78 Å². The van der Waals surface area contributed by atoms with Gasteiger partial charge in [-0.1, -0.05) is 43.4 Å². The minimum atomic E-state index is -0.773. The van der Waals surface area contributed by atoms with Crippen molar-refractivity contribution >= 4 is 11.8 Å². The minimum absolute atomic E-state index is 0.0237. The molecule has 1 aliphatic rings. The first-order chi connectivity index (χ1) is 11.5. The van der Waals surface area contributed by atoms with E-state index in [1.807, 2.05) is 43.4 Å². The molecule has 0 aromatic heterocycles. The van der Waals surface area contributed by atoms with E-state index in [0.717, 1.165) is 24.8 Å². The van der Waals surface area contributed by atoms with E-state index in [4.69, 9.17) is 5.11 Å². The Morgan fingerprint density at radius 2 is 2.04 bits per heavy atom. The van der Waals surface area contributed by atoms with E-state index in [0.29, 0.717) is 19.3 Å². The molecule has 132 valence electrons. The molecular formula is C20H28O4. The van der Waals surface area contributed by atoms with Crippen molar-refractivity contribution in [2.75, 3.05) is 0 Å². The van der Waals surface area contributed by atoms with Crippen LogP contribution in [-0.4, -0.2) is 28.1 Å². The van der Waals surface area contributed by atoms with E-state index in [2.05, 4.69) is 0 Å². The standard InChI is InChI=1S/C20H28O4/c1-2-3-6-10-17(21)13-14-18-16(12-15-19(18)22)9-7-4-5-8-11-20(23)24/h3-4,6-7,12,14-17,21H,2,5,8-11,13H2,1H3,(H,23,24)/b6-3-,7-4-,18-14+/t16?,17-/m0/s1. The summed E-state index contributed by atoms with van der Waals surface area (Å²) in [6, 6.07) is 0. The number of carbonyl (C=O) groups is 2. The van der Waals surface area contributed by atoms with Gasteiger partial charge in [0.1, 0.15) is 0 Å². The summed E-state index contributed by atoms with van der Waals surface area (Å²) in [5, 5.41) is 18.5. The molecule has 4 heteroatoms. The van der Waals surface area contributed by atoms with Crippen LogP contribution in [0.5, 0.6) is 0 Å². The lowest BCUT2D eigenvalue weighted by Gasteiger charge is -2.10. The molecule has 2 atom stereocenters. The molecule has 0 spiro atoms. The second kappa shape index (κ2) is 11.6. The number of hydrogen-bond donors (Lipinski definition) is 2. The van der Waals surface area contributed by atoms with Gasteiger partial charge in [0.2, 0.25) is 0 Å². The fourth-order valence-corrected chi connectivity index (χ4v) is 2.55. The molecule has 0 saturated carbocycles. The predicted molar refractivity (Wildman–Crippen MR) is 95.6 cm³/mol. The summed E-state index contributed by atoms with van der Waals surface area (Å²) in [4.78, 5) is 22.4. The second-order valence-electron chi connectivity index (χ2n) is 5.99. The quantitative estimate of drug-likeness (QED) is 0.341. The van der Waals surface area contributed by atoms with E-state index >= 15 is 0 Å². The number of aliphatic hydroxyl groups is 1. The number of carboxylic acids is 1. The first-order valence-corrected chi connectivity index (χ1v) is 8.67. The maximum Gasteiger partial charge on any atom is 0.303 e. The lowest BCUT2D eigenvalue weighted by molar-refractivity contribution is -0.137. The van der Waals surface area contributed by atoms with Crippen molar-refractivity contribution < 1.29 is 19.8 Å². The molecule has 0 bridgehead atoms. The maximum absolute atomic E-state index is 11.9. The molecule has 4 nitrogen and oxygen atoms in total. The molecule has 0 aliphatic heterocycles. The molecule has 0 amide bonds. The first-order valence-electron chi connectivity index (χ1n) is 8.67. The van der Waals surface area contributed by atoms with Crippen LogP contribution in [0.4, 0.5) is 0 Å². The summed E-state index contributed by atoms with van der Waals surface area (Å²) in [6.45, 7) is 2.05. The summed E-state index contributed by atoms with van der Waals surface area (Å²) in [5.41, 5.74) is 0.753. The molecule has 1 aliphatic carbocycles. The Morgan fingerprint density at radius 3 is 2.75 bits per heavy atom. The van der Waals surface area contributed by atoms with Gasteiger partial charge in [0.05, 0.1) is 6.10 Å². The van der Waals surface area contributed by atoms with Gasteiger partial charge >= 0.3 is 5.97 Å². The van der Waals surface area contributed by atoms with Crippen LogP contribution in [0.15, 0.2) is 48.1 Å². The Bertz CT molecular complexity index is 526. The highest BCUT2D eigenvalue weighted by Crippen LogP contribution is 2.26. The Kier molecular flexibility index (Phi) is 9.70. The number of allylic oxidation sites excluding steroid dienone is 6. The molecule has 0 heterocycles. The molecule has 2 N–H and O–H groups in total. The maximum atomic E-state index is 11.9. The van der Waals surface area contributed by atoms with Crippen LogP contribution in [0, 0.1) is 5.92 Å². The number of aliphatic carboxylic acids is 1. The van der Waals surface area contributed by atoms with Crippen molar-refractivity contribution in [3.8, 4) is 0 Å². The van der Waals surface area contributed by atoms with Crippen LogP contribution in [0.2, 0.25) is 0 Å². The lowest BCUT2D eigenvalue weighted by atomic mass is 9.96. The number of aliphatic hydroxyl groups excluding tert-OH is 1. The zero-order valence-corrected chi connectivity index (χ0v) is 14.4. The SMILES string of the molecule is CC/C=C\C[C@H](O)C/C=C1/C(=O)C=CC1C/C=C\CCCC(=O)O. The van der Waals surface area contributed by atoms with Gasteiger partial charge in [-0.15, -0.1) is 0 Å². The van der Waals surface area contributed by atoms with E-state index < -0.39 is 12.1 Å². The monoisotopic (exact) mass is 332 g/mol. The molecule has 1 unspecified atom stereocenters. The van der Waals surface area contributed by atoms with Gasteiger partial charge in [0, 0.05) is 17.9 Å². The van der Waals surface area contributed by atoms with Gasteiger partial charge in [-0.2, -0.15) is 0 Å². The van der Waals surface area contributed by atoms with E-state index in [1.165, 1.54) is 0 Å². The van der Waals surface area contributed by atoms with E-state index in [-0.39, 0.29) is 18.1 Å². The van der Waals surface area contributed by atoms with Gasteiger partial charge in [-0.3, -0.25) is 9.59 Å².